The standard InChI is InChI=1S/C21H32N8O2/c1-3-31-20(30)18-13-23-21(26-16-12-24-28(2)14-16)27-19(18)25-15-4-6-17(7-5-15)29-10-8-22-9-11-29/h12-15,17,22H,3-11H2,1-2H3,(H2,23,25,26,27). The molecule has 0 amide bonds. The van der Waals surface area contributed by atoms with Gasteiger partial charge in [0.05, 0.1) is 18.5 Å². The van der Waals surface area contributed by atoms with Crippen LogP contribution in [0.3, 0.4) is 0 Å². The highest BCUT2D eigenvalue weighted by molar-refractivity contribution is 5.94. The van der Waals surface area contributed by atoms with E-state index < -0.39 is 5.97 Å². The van der Waals surface area contributed by atoms with Gasteiger partial charge in [-0.15, -0.1) is 0 Å². The average molecular weight is 429 g/mol. The normalized spacial score (nSPS) is 22.1. The highest BCUT2D eigenvalue weighted by Gasteiger charge is 2.28. The second-order valence-corrected chi connectivity index (χ2v) is 8.14. The van der Waals surface area contributed by atoms with Crippen LogP contribution in [0.15, 0.2) is 18.6 Å². The minimum atomic E-state index is -0.410. The van der Waals surface area contributed by atoms with Crippen LogP contribution in [0, 0.1) is 0 Å². The third-order valence-electron chi connectivity index (χ3n) is 5.95. The molecule has 2 aliphatic rings. The average Bonchev–Trinajstić information content (AvgIpc) is 3.20. The van der Waals surface area contributed by atoms with Gasteiger partial charge < -0.3 is 20.7 Å². The number of hydrogen-bond acceptors (Lipinski definition) is 9. The third kappa shape index (κ3) is 5.50. The van der Waals surface area contributed by atoms with E-state index in [0.29, 0.717) is 30.0 Å². The number of aryl methyl sites for hydroxylation is 1. The van der Waals surface area contributed by atoms with E-state index in [1.54, 1.807) is 17.8 Å². The van der Waals surface area contributed by atoms with Gasteiger partial charge in [0, 0.05) is 57.7 Å². The third-order valence-corrected chi connectivity index (χ3v) is 5.95. The molecule has 0 atom stereocenters. The summed E-state index contributed by atoms with van der Waals surface area (Å²) in [7, 11) is 1.85. The van der Waals surface area contributed by atoms with Crippen molar-refractivity contribution in [3.05, 3.63) is 24.2 Å². The quantitative estimate of drug-likeness (QED) is 0.568. The molecule has 0 spiro atoms. The SMILES string of the molecule is CCOC(=O)c1cnc(Nc2cnn(C)c2)nc1NC1CCC(N2CCNCC2)CC1. The molecule has 4 rings (SSSR count). The van der Waals surface area contributed by atoms with E-state index in [9.17, 15) is 4.79 Å². The summed E-state index contributed by atoms with van der Waals surface area (Å²) in [6.07, 6.45) is 9.47. The first-order chi connectivity index (χ1) is 15.1. The van der Waals surface area contributed by atoms with Crippen molar-refractivity contribution >= 4 is 23.4 Å². The Morgan fingerprint density at radius 1 is 1.23 bits per heavy atom. The Hall–Kier alpha value is -2.72. The summed E-state index contributed by atoms with van der Waals surface area (Å²) in [6.45, 7) is 6.52. The van der Waals surface area contributed by atoms with Crippen molar-refractivity contribution in [1.29, 1.82) is 0 Å². The summed E-state index contributed by atoms with van der Waals surface area (Å²) >= 11 is 0. The van der Waals surface area contributed by atoms with Crippen molar-refractivity contribution in [2.24, 2.45) is 7.05 Å². The van der Waals surface area contributed by atoms with Crippen LogP contribution in [0.1, 0.15) is 43.0 Å². The lowest BCUT2D eigenvalue weighted by Crippen LogP contribution is -2.50. The summed E-state index contributed by atoms with van der Waals surface area (Å²) in [6, 6.07) is 0.923. The number of aromatic nitrogens is 4. The van der Waals surface area contributed by atoms with Crippen LogP contribution in [0.25, 0.3) is 0 Å². The number of anilines is 3. The van der Waals surface area contributed by atoms with Crippen LogP contribution < -0.4 is 16.0 Å². The Labute approximate surface area is 182 Å². The molecule has 1 aliphatic heterocycles. The number of nitrogens with one attached hydrogen (secondary N) is 3. The van der Waals surface area contributed by atoms with Gasteiger partial charge >= 0.3 is 5.97 Å². The maximum atomic E-state index is 12.5. The number of nitrogens with zero attached hydrogens (tertiary/aromatic N) is 5. The van der Waals surface area contributed by atoms with Gasteiger partial charge in [0.1, 0.15) is 11.4 Å². The Kier molecular flexibility index (Phi) is 6.98. The van der Waals surface area contributed by atoms with E-state index >= 15 is 0 Å². The van der Waals surface area contributed by atoms with Crippen molar-refractivity contribution in [3.63, 3.8) is 0 Å². The van der Waals surface area contributed by atoms with Crippen molar-refractivity contribution in [3.8, 4) is 0 Å². The van der Waals surface area contributed by atoms with Crippen LogP contribution in [0.2, 0.25) is 0 Å². The minimum absolute atomic E-state index is 0.272. The molecule has 1 saturated carbocycles. The Morgan fingerprint density at radius 3 is 2.68 bits per heavy atom. The fourth-order valence-electron chi connectivity index (χ4n) is 4.35. The number of ether oxygens (including phenoxy) is 1. The first kappa shape index (κ1) is 21.5. The van der Waals surface area contributed by atoms with E-state index in [1.807, 2.05) is 13.2 Å². The first-order valence-corrected chi connectivity index (χ1v) is 11.1. The maximum absolute atomic E-state index is 12.5. The first-order valence-electron chi connectivity index (χ1n) is 11.1. The van der Waals surface area contributed by atoms with Gasteiger partial charge in [-0.1, -0.05) is 0 Å². The summed E-state index contributed by atoms with van der Waals surface area (Å²) in [4.78, 5) is 24.0. The molecule has 0 aromatic carbocycles. The topological polar surface area (TPSA) is 109 Å². The molecule has 0 radical (unpaired) electrons. The number of hydrogen-bond donors (Lipinski definition) is 3. The van der Waals surface area contributed by atoms with Crippen molar-refractivity contribution < 1.29 is 9.53 Å². The van der Waals surface area contributed by atoms with Gasteiger partial charge in [-0.05, 0) is 32.6 Å². The lowest BCUT2D eigenvalue weighted by atomic mass is 9.89. The number of esters is 1. The molecule has 1 aliphatic carbocycles. The van der Waals surface area contributed by atoms with Crippen LogP contribution in [0.5, 0.6) is 0 Å². The van der Waals surface area contributed by atoms with Crippen LogP contribution in [-0.4, -0.2) is 75.5 Å². The molecule has 0 bridgehead atoms. The molecule has 168 valence electrons. The fraction of sp³-hybridized carbons (Fsp3) is 0.619. The highest BCUT2D eigenvalue weighted by Crippen LogP contribution is 2.27. The summed E-state index contributed by atoms with van der Waals surface area (Å²) < 4.78 is 6.91. The fourth-order valence-corrected chi connectivity index (χ4v) is 4.35. The summed E-state index contributed by atoms with van der Waals surface area (Å²) in [5.74, 6) is 0.524. The molecule has 3 heterocycles. The van der Waals surface area contributed by atoms with E-state index in [4.69, 9.17) is 4.74 Å². The Balaban J connectivity index is 1.44. The zero-order valence-corrected chi connectivity index (χ0v) is 18.3. The van der Waals surface area contributed by atoms with Crippen LogP contribution >= 0.6 is 0 Å². The van der Waals surface area contributed by atoms with Gasteiger partial charge in [-0.2, -0.15) is 10.1 Å². The lowest BCUT2D eigenvalue weighted by molar-refractivity contribution is 0.0526. The number of rotatable bonds is 7. The van der Waals surface area contributed by atoms with Crippen molar-refractivity contribution in [2.45, 2.75) is 44.7 Å². The lowest BCUT2D eigenvalue weighted by Gasteiger charge is -2.39. The number of carbonyl (C=O) groups excluding carboxylic acids is 1. The Bertz CT molecular complexity index is 872. The summed E-state index contributed by atoms with van der Waals surface area (Å²) in [5, 5.41) is 14.2. The molecular formula is C21H32N8O2. The van der Waals surface area contributed by atoms with Crippen LogP contribution in [-0.2, 0) is 11.8 Å². The number of carbonyl (C=O) groups is 1. The highest BCUT2D eigenvalue weighted by atomic mass is 16.5. The second-order valence-electron chi connectivity index (χ2n) is 8.14. The Morgan fingerprint density at radius 2 is 2.00 bits per heavy atom. The molecule has 3 N–H and O–H groups in total. The van der Waals surface area contributed by atoms with E-state index in [1.165, 1.54) is 6.20 Å². The smallest absolute Gasteiger partial charge is 0.343 e. The van der Waals surface area contributed by atoms with E-state index in [2.05, 4.69) is 35.9 Å². The molecule has 1 saturated heterocycles. The van der Waals surface area contributed by atoms with Crippen LogP contribution in [0.4, 0.5) is 17.5 Å². The van der Waals surface area contributed by atoms with E-state index in [-0.39, 0.29) is 6.04 Å². The number of piperazine rings is 1. The molecule has 2 aromatic heterocycles. The maximum Gasteiger partial charge on any atom is 0.343 e. The molecule has 10 heteroatoms. The molecule has 10 nitrogen and oxygen atoms in total. The summed E-state index contributed by atoms with van der Waals surface area (Å²) in [5.41, 5.74) is 1.15. The van der Waals surface area contributed by atoms with Gasteiger partial charge in [0.2, 0.25) is 5.95 Å². The molecule has 2 aromatic rings. The monoisotopic (exact) mass is 428 g/mol. The van der Waals surface area contributed by atoms with Crippen molar-refractivity contribution in [2.75, 3.05) is 43.4 Å². The molecule has 31 heavy (non-hydrogen) atoms. The molecular weight excluding hydrogens is 396 g/mol. The predicted octanol–water partition coefficient (Wildman–Crippen LogP) is 1.76. The van der Waals surface area contributed by atoms with Gasteiger partial charge in [0.25, 0.3) is 0 Å². The minimum Gasteiger partial charge on any atom is -0.462 e. The molecule has 2 fully saturated rings. The van der Waals surface area contributed by atoms with Gasteiger partial charge in [-0.3, -0.25) is 9.58 Å². The van der Waals surface area contributed by atoms with Crippen molar-refractivity contribution in [1.82, 2.24) is 30.0 Å². The predicted molar refractivity (Wildman–Crippen MR) is 119 cm³/mol. The van der Waals surface area contributed by atoms with Gasteiger partial charge in [0.15, 0.2) is 0 Å². The van der Waals surface area contributed by atoms with Gasteiger partial charge in [-0.25, -0.2) is 9.78 Å². The second kappa shape index (κ2) is 10.1. The molecule has 0 unspecified atom stereocenters. The van der Waals surface area contributed by atoms with E-state index in [0.717, 1.165) is 57.5 Å². The largest absolute Gasteiger partial charge is 0.462 e. The zero-order valence-electron chi connectivity index (χ0n) is 18.3. The zero-order chi connectivity index (χ0) is 21.6.